The minimum absolute atomic E-state index is 0.0507. The zero-order valence-corrected chi connectivity index (χ0v) is 18.0. The molecule has 31 heavy (non-hydrogen) atoms. The van der Waals surface area contributed by atoms with E-state index in [4.69, 9.17) is 11.6 Å². The fourth-order valence-electron chi connectivity index (χ4n) is 3.19. The largest absolute Gasteiger partial charge is 0.355 e. The number of halogens is 1. The molecule has 0 aliphatic heterocycles. The van der Waals surface area contributed by atoms with Gasteiger partial charge in [0.05, 0.1) is 0 Å². The molecule has 1 heterocycles. The number of benzene rings is 2. The van der Waals surface area contributed by atoms with Crippen LogP contribution in [0.15, 0.2) is 71.8 Å². The fraction of sp³-hybridized carbons (Fsp3) is 0.208. The Morgan fingerprint density at radius 3 is 2.13 bits per heavy atom. The lowest BCUT2D eigenvalue weighted by Gasteiger charge is -2.12. The average Bonchev–Trinajstić information content (AvgIpc) is 2.79. The number of carbonyl (C=O) groups excluding carboxylic acids is 2. The van der Waals surface area contributed by atoms with Gasteiger partial charge in [0.25, 0.3) is 11.8 Å². The lowest BCUT2D eigenvalue weighted by Crippen LogP contribution is -2.35. The van der Waals surface area contributed by atoms with Crippen molar-refractivity contribution < 1.29 is 9.59 Å². The minimum atomic E-state index is -0.584. The molecule has 3 aromatic rings. The van der Waals surface area contributed by atoms with E-state index in [1.54, 1.807) is 16.7 Å². The standard InChI is InChI=1S/C24H24ClN3O3/c1-26-23(30)20-15-28(14-12-17-5-3-2-4-6-17)16-21(22(20)29)24(31)27-13-11-18-7-9-19(25)10-8-18/h2-10,15-16H,11-14H2,1H3,(H,26,30)(H,27,31). The molecule has 3 rings (SSSR count). The summed E-state index contributed by atoms with van der Waals surface area (Å²) in [5.41, 5.74) is 1.45. The van der Waals surface area contributed by atoms with Gasteiger partial charge < -0.3 is 15.2 Å². The van der Waals surface area contributed by atoms with E-state index >= 15 is 0 Å². The average molecular weight is 438 g/mol. The van der Waals surface area contributed by atoms with Crippen molar-refractivity contribution in [2.75, 3.05) is 13.6 Å². The van der Waals surface area contributed by atoms with Crippen molar-refractivity contribution in [1.29, 1.82) is 0 Å². The first-order chi connectivity index (χ1) is 15.0. The maximum absolute atomic E-state index is 12.8. The molecule has 160 valence electrons. The topological polar surface area (TPSA) is 80.2 Å². The second kappa shape index (κ2) is 10.6. The van der Waals surface area contributed by atoms with Gasteiger partial charge in [-0.2, -0.15) is 0 Å². The highest BCUT2D eigenvalue weighted by molar-refractivity contribution is 6.30. The maximum Gasteiger partial charge on any atom is 0.256 e. The molecule has 0 radical (unpaired) electrons. The van der Waals surface area contributed by atoms with Crippen LogP contribution in [0, 0.1) is 0 Å². The quantitative estimate of drug-likeness (QED) is 0.568. The van der Waals surface area contributed by atoms with Crippen LogP contribution >= 0.6 is 11.6 Å². The van der Waals surface area contributed by atoms with Gasteiger partial charge in [-0.05, 0) is 36.1 Å². The number of aromatic nitrogens is 1. The van der Waals surface area contributed by atoms with Crippen molar-refractivity contribution in [2.45, 2.75) is 19.4 Å². The second-order valence-electron chi connectivity index (χ2n) is 7.10. The molecule has 2 amide bonds. The zero-order chi connectivity index (χ0) is 22.2. The van der Waals surface area contributed by atoms with Crippen LogP contribution in [0.2, 0.25) is 5.02 Å². The zero-order valence-electron chi connectivity index (χ0n) is 17.2. The van der Waals surface area contributed by atoms with Crippen LogP contribution in [-0.4, -0.2) is 30.0 Å². The van der Waals surface area contributed by atoms with Crippen LogP contribution in [0.3, 0.4) is 0 Å². The van der Waals surface area contributed by atoms with Crippen LogP contribution in [0.4, 0.5) is 0 Å². The molecule has 6 nitrogen and oxygen atoms in total. The monoisotopic (exact) mass is 437 g/mol. The van der Waals surface area contributed by atoms with E-state index in [9.17, 15) is 14.4 Å². The van der Waals surface area contributed by atoms with Gasteiger partial charge in [0.1, 0.15) is 11.1 Å². The van der Waals surface area contributed by atoms with Crippen LogP contribution in [-0.2, 0) is 19.4 Å². The third-order valence-electron chi connectivity index (χ3n) is 4.91. The molecule has 0 saturated heterocycles. The molecular weight excluding hydrogens is 414 g/mol. The van der Waals surface area contributed by atoms with E-state index in [1.807, 2.05) is 42.5 Å². The van der Waals surface area contributed by atoms with E-state index in [2.05, 4.69) is 10.6 Å². The summed E-state index contributed by atoms with van der Waals surface area (Å²) in [5.74, 6) is -1.02. The summed E-state index contributed by atoms with van der Waals surface area (Å²) in [7, 11) is 1.45. The minimum Gasteiger partial charge on any atom is -0.355 e. The number of rotatable bonds is 8. The lowest BCUT2D eigenvalue weighted by atomic mass is 10.1. The summed E-state index contributed by atoms with van der Waals surface area (Å²) in [5, 5.41) is 5.88. The van der Waals surface area contributed by atoms with E-state index in [0.29, 0.717) is 31.0 Å². The number of nitrogens with one attached hydrogen (secondary N) is 2. The summed E-state index contributed by atoms with van der Waals surface area (Å²) in [4.78, 5) is 37.7. The molecule has 0 unspecified atom stereocenters. The number of hydrogen-bond acceptors (Lipinski definition) is 3. The van der Waals surface area contributed by atoms with Gasteiger partial charge in [-0.25, -0.2) is 0 Å². The molecule has 0 spiro atoms. The van der Waals surface area contributed by atoms with E-state index < -0.39 is 17.2 Å². The Bertz CT molecular complexity index is 1110. The molecule has 0 saturated carbocycles. The van der Waals surface area contributed by atoms with Crippen LogP contribution in [0.5, 0.6) is 0 Å². The summed E-state index contributed by atoms with van der Waals surface area (Å²) < 4.78 is 1.72. The van der Waals surface area contributed by atoms with E-state index in [0.717, 1.165) is 11.1 Å². The number of carbonyl (C=O) groups is 2. The number of nitrogens with zero attached hydrogens (tertiary/aromatic N) is 1. The van der Waals surface area contributed by atoms with E-state index in [-0.39, 0.29) is 11.1 Å². The van der Waals surface area contributed by atoms with Gasteiger partial charge in [-0.1, -0.05) is 54.1 Å². The first-order valence-electron chi connectivity index (χ1n) is 10.0. The van der Waals surface area contributed by atoms with Crippen molar-refractivity contribution in [3.05, 3.63) is 104 Å². The molecule has 0 fully saturated rings. The van der Waals surface area contributed by atoms with Gasteiger partial charge in [-0.15, -0.1) is 0 Å². The van der Waals surface area contributed by atoms with Crippen molar-refractivity contribution in [1.82, 2.24) is 15.2 Å². The van der Waals surface area contributed by atoms with E-state index in [1.165, 1.54) is 19.4 Å². The summed E-state index contributed by atoms with van der Waals surface area (Å²) in [6, 6.07) is 17.2. The Morgan fingerprint density at radius 1 is 0.871 bits per heavy atom. The molecular formula is C24H24ClN3O3. The Morgan fingerprint density at radius 2 is 1.48 bits per heavy atom. The Balaban J connectivity index is 1.76. The van der Waals surface area contributed by atoms with Gasteiger partial charge in [-0.3, -0.25) is 14.4 Å². The Hall–Kier alpha value is -3.38. The third-order valence-corrected chi connectivity index (χ3v) is 5.16. The van der Waals surface area contributed by atoms with Crippen molar-refractivity contribution in [3.63, 3.8) is 0 Å². The van der Waals surface area contributed by atoms with Gasteiger partial charge in [0, 0.05) is 37.6 Å². The van der Waals surface area contributed by atoms with Crippen molar-refractivity contribution in [2.24, 2.45) is 0 Å². The van der Waals surface area contributed by atoms with Crippen LogP contribution < -0.4 is 16.1 Å². The number of pyridine rings is 1. The molecule has 0 bridgehead atoms. The Labute approximate surface area is 185 Å². The molecule has 7 heteroatoms. The normalized spacial score (nSPS) is 10.5. The predicted molar refractivity (Wildman–Crippen MR) is 122 cm³/mol. The van der Waals surface area contributed by atoms with Crippen molar-refractivity contribution >= 4 is 23.4 Å². The predicted octanol–water partition coefficient (Wildman–Crippen LogP) is 3.08. The molecule has 1 aromatic heterocycles. The summed E-state index contributed by atoms with van der Waals surface area (Å²) in [6.45, 7) is 0.882. The molecule has 0 aliphatic carbocycles. The van der Waals surface area contributed by atoms with Crippen molar-refractivity contribution in [3.8, 4) is 0 Å². The summed E-state index contributed by atoms with van der Waals surface area (Å²) >= 11 is 5.89. The SMILES string of the molecule is CNC(=O)c1cn(CCc2ccccc2)cc(C(=O)NCCc2ccc(Cl)cc2)c1=O. The maximum atomic E-state index is 12.8. The second-order valence-corrected chi connectivity index (χ2v) is 7.54. The smallest absolute Gasteiger partial charge is 0.256 e. The first-order valence-corrected chi connectivity index (χ1v) is 10.4. The fourth-order valence-corrected chi connectivity index (χ4v) is 3.31. The van der Waals surface area contributed by atoms with Gasteiger partial charge in [0.2, 0.25) is 5.43 Å². The molecule has 0 atom stereocenters. The highest BCUT2D eigenvalue weighted by Crippen LogP contribution is 2.10. The summed E-state index contributed by atoms with van der Waals surface area (Å²) in [6.07, 6.45) is 4.30. The first kappa shape index (κ1) is 22.3. The van der Waals surface area contributed by atoms with Gasteiger partial charge >= 0.3 is 0 Å². The molecule has 2 aromatic carbocycles. The third kappa shape index (κ3) is 6.06. The molecule has 2 N–H and O–H groups in total. The number of hydrogen-bond donors (Lipinski definition) is 2. The molecule has 0 aliphatic rings. The number of amides is 2. The Kier molecular flexibility index (Phi) is 7.62. The lowest BCUT2D eigenvalue weighted by molar-refractivity contribution is 0.0952. The van der Waals surface area contributed by atoms with Crippen LogP contribution in [0.1, 0.15) is 31.8 Å². The highest BCUT2D eigenvalue weighted by Gasteiger charge is 2.18. The van der Waals surface area contributed by atoms with Crippen LogP contribution in [0.25, 0.3) is 0 Å². The van der Waals surface area contributed by atoms with Gasteiger partial charge in [0.15, 0.2) is 0 Å². The number of aryl methyl sites for hydroxylation is 2. The highest BCUT2D eigenvalue weighted by atomic mass is 35.5.